The summed E-state index contributed by atoms with van der Waals surface area (Å²) in [6.45, 7) is 4.86. The van der Waals surface area contributed by atoms with Gasteiger partial charge in [0.05, 0.1) is 17.7 Å². The number of allylic oxidation sites excluding steroid dienone is 2. The molecule has 0 aliphatic heterocycles. The number of nitrogens with zero attached hydrogens (tertiary/aromatic N) is 2. The molecule has 1 aromatic heterocycles. The van der Waals surface area contributed by atoms with Crippen LogP contribution in [0, 0.1) is 6.92 Å². The number of methoxy groups -OCH3 is 1. The number of hydrogen-bond acceptors (Lipinski definition) is 8. The minimum Gasteiger partial charge on any atom is -0.511 e. The summed E-state index contributed by atoms with van der Waals surface area (Å²) in [4.78, 5) is 11.8. The Morgan fingerprint density at radius 3 is 2.70 bits per heavy atom. The molecular formula is C15H17N3O3S2. The lowest BCUT2D eigenvalue weighted by molar-refractivity contribution is -0.113. The number of aromatic nitrogens is 2. The third-order valence-electron chi connectivity index (χ3n) is 2.84. The topological polar surface area (TPSA) is 84.3 Å². The fraction of sp³-hybridized carbons (Fsp3) is 0.267. The molecule has 0 radical (unpaired) electrons. The van der Waals surface area contributed by atoms with Gasteiger partial charge < -0.3 is 15.2 Å². The van der Waals surface area contributed by atoms with Gasteiger partial charge in [0.15, 0.2) is 10.1 Å². The highest BCUT2D eigenvalue weighted by Gasteiger charge is 2.15. The summed E-state index contributed by atoms with van der Waals surface area (Å²) in [5.41, 5.74) is 1.88. The number of carbonyl (C=O) groups excluding carboxylic acids is 1. The number of hydrogen-bond donors (Lipinski definition) is 2. The van der Waals surface area contributed by atoms with Gasteiger partial charge in [-0.3, -0.25) is 4.79 Å². The largest absolute Gasteiger partial charge is 0.511 e. The number of ketones is 1. The quantitative estimate of drug-likeness (QED) is 0.461. The molecule has 0 atom stereocenters. The summed E-state index contributed by atoms with van der Waals surface area (Å²) in [6, 6.07) is 5.78. The molecule has 0 unspecified atom stereocenters. The Hall–Kier alpha value is -2.06. The van der Waals surface area contributed by atoms with Gasteiger partial charge in [-0.15, -0.1) is 10.2 Å². The molecule has 0 aliphatic rings. The number of aliphatic hydroxyl groups excluding tert-OH is 1. The average Bonchev–Trinajstić information content (AvgIpc) is 2.91. The van der Waals surface area contributed by atoms with Crippen molar-refractivity contribution < 1.29 is 14.6 Å². The van der Waals surface area contributed by atoms with E-state index < -0.39 is 0 Å². The van der Waals surface area contributed by atoms with Crippen molar-refractivity contribution in [2.24, 2.45) is 0 Å². The Morgan fingerprint density at radius 2 is 2.09 bits per heavy atom. The van der Waals surface area contributed by atoms with Crippen molar-refractivity contribution in [3.05, 3.63) is 34.4 Å². The molecule has 0 spiro atoms. The maximum atomic E-state index is 11.5. The van der Waals surface area contributed by atoms with Crippen LogP contribution in [-0.4, -0.2) is 28.2 Å². The van der Waals surface area contributed by atoms with Crippen LogP contribution in [0.5, 0.6) is 5.75 Å². The first-order valence-corrected chi connectivity index (χ1v) is 8.37. The van der Waals surface area contributed by atoms with Gasteiger partial charge in [0, 0.05) is 0 Å². The molecule has 0 saturated heterocycles. The van der Waals surface area contributed by atoms with Crippen LogP contribution in [0.15, 0.2) is 33.2 Å². The molecule has 6 nitrogen and oxygen atoms in total. The molecule has 1 aromatic carbocycles. The molecule has 2 rings (SSSR count). The minimum absolute atomic E-state index is 0.0208. The number of carbonyl (C=O) groups is 1. The second kappa shape index (κ2) is 7.47. The molecule has 0 aliphatic carbocycles. The second-order valence-electron chi connectivity index (χ2n) is 4.77. The van der Waals surface area contributed by atoms with E-state index in [1.165, 1.54) is 25.2 Å². The maximum Gasteiger partial charge on any atom is 0.211 e. The van der Waals surface area contributed by atoms with Gasteiger partial charge in [0.25, 0.3) is 0 Å². The van der Waals surface area contributed by atoms with Crippen LogP contribution < -0.4 is 10.1 Å². The third-order valence-corrected chi connectivity index (χ3v) is 5.02. The van der Waals surface area contributed by atoms with Crippen molar-refractivity contribution in [2.45, 2.75) is 25.1 Å². The molecule has 23 heavy (non-hydrogen) atoms. The molecule has 0 fully saturated rings. The number of ether oxygens (including phenoxy) is 1. The highest BCUT2D eigenvalue weighted by molar-refractivity contribution is 8.05. The number of nitrogens with one attached hydrogen (secondary N) is 1. The zero-order valence-electron chi connectivity index (χ0n) is 13.2. The maximum absolute atomic E-state index is 11.5. The van der Waals surface area contributed by atoms with E-state index in [1.807, 2.05) is 25.1 Å². The van der Waals surface area contributed by atoms with Crippen LogP contribution in [-0.2, 0) is 4.79 Å². The lowest BCUT2D eigenvalue weighted by atomic mass is 10.2. The van der Waals surface area contributed by atoms with Gasteiger partial charge in [-0.25, -0.2) is 0 Å². The number of benzene rings is 1. The van der Waals surface area contributed by atoms with Crippen molar-refractivity contribution >= 4 is 39.7 Å². The van der Waals surface area contributed by atoms with Crippen molar-refractivity contribution in [3.63, 3.8) is 0 Å². The average molecular weight is 351 g/mol. The first-order chi connectivity index (χ1) is 10.9. The fourth-order valence-corrected chi connectivity index (χ4v) is 3.51. The highest BCUT2D eigenvalue weighted by atomic mass is 32.2. The molecular weight excluding hydrogens is 334 g/mol. The summed E-state index contributed by atoms with van der Waals surface area (Å²) < 4.78 is 5.88. The molecule has 0 saturated carbocycles. The van der Waals surface area contributed by atoms with E-state index >= 15 is 0 Å². The van der Waals surface area contributed by atoms with Crippen LogP contribution in [0.25, 0.3) is 0 Å². The third kappa shape index (κ3) is 4.46. The number of Topliss-reactive ketones (excluding diaryl/α,β-unsaturated/α-hetero) is 1. The lowest BCUT2D eigenvalue weighted by Crippen LogP contribution is -1.95. The first kappa shape index (κ1) is 17.3. The van der Waals surface area contributed by atoms with Crippen molar-refractivity contribution in [2.75, 3.05) is 12.4 Å². The summed E-state index contributed by atoms with van der Waals surface area (Å²) in [5, 5.41) is 21.4. The smallest absolute Gasteiger partial charge is 0.211 e. The highest BCUT2D eigenvalue weighted by Crippen LogP contribution is 2.35. The van der Waals surface area contributed by atoms with Crippen molar-refractivity contribution in [3.8, 4) is 5.75 Å². The van der Waals surface area contributed by atoms with Crippen LogP contribution in [0.1, 0.15) is 19.4 Å². The zero-order valence-corrected chi connectivity index (χ0v) is 14.8. The van der Waals surface area contributed by atoms with E-state index in [1.54, 1.807) is 7.11 Å². The molecule has 0 amide bonds. The Kier molecular flexibility index (Phi) is 5.62. The zero-order chi connectivity index (χ0) is 17.0. The van der Waals surface area contributed by atoms with Gasteiger partial charge in [-0.1, -0.05) is 17.4 Å². The van der Waals surface area contributed by atoms with Crippen LogP contribution in [0.2, 0.25) is 0 Å². The SMILES string of the molecule is COc1ccc(C)cc1Nc1nnc(S/C(C(C)=O)=C(/C)O)s1. The van der Waals surface area contributed by atoms with Crippen molar-refractivity contribution in [1.29, 1.82) is 0 Å². The van der Waals surface area contributed by atoms with Gasteiger partial charge in [-0.05, 0) is 50.2 Å². The Balaban J connectivity index is 2.19. The van der Waals surface area contributed by atoms with Gasteiger partial charge in [0.2, 0.25) is 5.13 Å². The number of aliphatic hydroxyl groups is 1. The Labute approximate surface area is 142 Å². The normalized spacial score (nSPS) is 11.8. The summed E-state index contributed by atoms with van der Waals surface area (Å²) in [6.07, 6.45) is 0. The van der Waals surface area contributed by atoms with E-state index in [-0.39, 0.29) is 16.4 Å². The lowest BCUT2D eigenvalue weighted by Gasteiger charge is -2.09. The molecule has 2 aromatic rings. The van der Waals surface area contributed by atoms with Gasteiger partial charge in [0.1, 0.15) is 11.5 Å². The van der Waals surface area contributed by atoms with Crippen molar-refractivity contribution in [1.82, 2.24) is 10.2 Å². The molecule has 0 bridgehead atoms. The van der Waals surface area contributed by atoms with Gasteiger partial charge in [-0.2, -0.15) is 0 Å². The predicted octanol–water partition coefficient (Wildman–Crippen LogP) is 4.07. The molecule has 8 heteroatoms. The summed E-state index contributed by atoms with van der Waals surface area (Å²) >= 11 is 2.40. The van der Waals surface area contributed by atoms with Gasteiger partial charge >= 0.3 is 0 Å². The number of rotatable bonds is 6. The standard InChI is InChI=1S/C15H17N3O3S2/c1-8-5-6-12(21-4)11(7-8)16-14-17-18-15(23-14)22-13(9(2)19)10(3)20/h5-7,19H,1-4H3,(H,16,17)/b13-9-. The fourth-order valence-electron chi connectivity index (χ4n) is 1.82. The molecule has 1 heterocycles. The first-order valence-electron chi connectivity index (χ1n) is 6.74. The monoisotopic (exact) mass is 351 g/mol. The van der Waals surface area contributed by atoms with E-state index in [0.29, 0.717) is 15.2 Å². The number of anilines is 2. The predicted molar refractivity (Wildman–Crippen MR) is 92.8 cm³/mol. The minimum atomic E-state index is -0.208. The van der Waals surface area contributed by atoms with Crippen LogP contribution >= 0.6 is 23.1 Å². The van der Waals surface area contributed by atoms with E-state index in [9.17, 15) is 9.90 Å². The summed E-state index contributed by atoms with van der Waals surface area (Å²) in [5.74, 6) is 0.475. The van der Waals surface area contributed by atoms with Crippen LogP contribution in [0.4, 0.5) is 10.8 Å². The molecule has 2 N–H and O–H groups in total. The van der Waals surface area contributed by atoms with Crippen LogP contribution in [0.3, 0.4) is 0 Å². The number of thioether (sulfide) groups is 1. The Morgan fingerprint density at radius 1 is 1.35 bits per heavy atom. The second-order valence-corrected chi connectivity index (χ2v) is 7.01. The Bertz CT molecular complexity index is 752. The van der Waals surface area contributed by atoms with E-state index in [0.717, 1.165) is 23.0 Å². The summed E-state index contributed by atoms with van der Waals surface area (Å²) in [7, 11) is 1.60. The van der Waals surface area contributed by atoms with E-state index in [4.69, 9.17) is 4.74 Å². The molecule has 122 valence electrons. The van der Waals surface area contributed by atoms with E-state index in [2.05, 4.69) is 15.5 Å². The number of aryl methyl sites for hydroxylation is 1.